The van der Waals surface area contributed by atoms with Crippen LogP contribution in [0.3, 0.4) is 0 Å². The number of hydrogen-bond donors (Lipinski definition) is 2. The number of aromatic nitrogens is 1. The fourth-order valence-corrected chi connectivity index (χ4v) is 2.16. The molecule has 0 aliphatic rings. The molecule has 21 heavy (non-hydrogen) atoms. The van der Waals surface area contributed by atoms with Crippen molar-refractivity contribution in [3.63, 3.8) is 0 Å². The van der Waals surface area contributed by atoms with Gasteiger partial charge in [-0.1, -0.05) is 0 Å². The van der Waals surface area contributed by atoms with Crippen molar-refractivity contribution >= 4 is 28.0 Å². The van der Waals surface area contributed by atoms with Crippen LogP contribution in [0.1, 0.15) is 0 Å². The van der Waals surface area contributed by atoms with Gasteiger partial charge in [-0.25, -0.2) is 0 Å². The van der Waals surface area contributed by atoms with Crippen LogP contribution in [-0.4, -0.2) is 17.0 Å². The summed E-state index contributed by atoms with van der Waals surface area (Å²) in [5, 5.41) is 14.9. The van der Waals surface area contributed by atoms with Crippen molar-refractivity contribution in [1.29, 1.82) is 0 Å². The summed E-state index contributed by atoms with van der Waals surface area (Å²) in [6.45, 7) is 0. The highest BCUT2D eigenvalue weighted by molar-refractivity contribution is 5.94. The predicted molar refractivity (Wildman–Crippen MR) is 81.2 cm³/mol. The maximum atomic E-state index is 10.6. The van der Waals surface area contributed by atoms with E-state index in [0.29, 0.717) is 0 Å². The summed E-state index contributed by atoms with van der Waals surface area (Å²) in [4.78, 5) is 13.4. The molecule has 6 heteroatoms. The standard InChI is InChI=1S/C15H13N3O3/c1-21-12-6-7-13-14(8-12)16-9-15(13)17-10-2-4-11(5-3-10)18(19)20/h2-9,16-17H,1H3. The summed E-state index contributed by atoms with van der Waals surface area (Å²) in [5.41, 5.74) is 2.72. The van der Waals surface area contributed by atoms with Gasteiger partial charge in [0.15, 0.2) is 0 Å². The number of aromatic amines is 1. The molecule has 0 atom stereocenters. The number of nitrogens with zero attached hydrogens (tertiary/aromatic N) is 1. The van der Waals surface area contributed by atoms with E-state index in [-0.39, 0.29) is 5.69 Å². The largest absolute Gasteiger partial charge is 0.497 e. The van der Waals surface area contributed by atoms with Gasteiger partial charge in [0.1, 0.15) is 5.75 Å². The van der Waals surface area contributed by atoms with E-state index in [1.165, 1.54) is 12.1 Å². The van der Waals surface area contributed by atoms with E-state index >= 15 is 0 Å². The van der Waals surface area contributed by atoms with E-state index in [0.717, 1.165) is 28.0 Å². The van der Waals surface area contributed by atoms with Crippen LogP contribution in [0, 0.1) is 10.1 Å². The number of nitrogens with one attached hydrogen (secondary N) is 2. The molecule has 2 N–H and O–H groups in total. The molecule has 0 fully saturated rings. The Morgan fingerprint density at radius 2 is 1.95 bits per heavy atom. The zero-order valence-electron chi connectivity index (χ0n) is 11.3. The molecule has 3 rings (SSSR count). The molecule has 1 heterocycles. The molecule has 0 spiro atoms. The third-order valence-electron chi connectivity index (χ3n) is 3.25. The number of H-pyrrole nitrogens is 1. The number of benzene rings is 2. The van der Waals surface area contributed by atoms with Crippen molar-refractivity contribution < 1.29 is 9.66 Å². The lowest BCUT2D eigenvalue weighted by Crippen LogP contribution is -1.91. The molecule has 3 aromatic rings. The summed E-state index contributed by atoms with van der Waals surface area (Å²) < 4.78 is 5.18. The third kappa shape index (κ3) is 2.51. The van der Waals surface area contributed by atoms with Crippen LogP contribution in [0.4, 0.5) is 17.1 Å². The zero-order chi connectivity index (χ0) is 14.8. The van der Waals surface area contributed by atoms with Gasteiger partial charge in [0.05, 0.1) is 23.2 Å². The van der Waals surface area contributed by atoms with E-state index in [1.54, 1.807) is 19.2 Å². The summed E-state index contributed by atoms with van der Waals surface area (Å²) in [5.74, 6) is 0.784. The highest BCUT2D eigenvalue weighted by Gasteiger charge is 2.07. The number of fused-ring (bicyclic) bond motifs is 1. The fraction of sp³-hybridized carbons (Fsp3) is 0.0667. The highest BCUT2D eigenvalue weighted by Crippen LogP contribution is 2.29. The zero-order valence-corrected chi connectivity index (χ0v) is 11.3. The Bertz CT molecular complexity index is 794. The molecular weight excluding hydrogens is 270 g/mol. The first-order valence-electron chi connectivity index (χ1n) is 6.34. The minimum atomic E-state index is -0.415. The number of methoxy groups -OCH3 is 1. The topological polar surface area (TPSA) is 80.2 Å². The molecule has 0 amide bonds. The number of ether oxygens (including phenoxy) is 1. The van der Waals surface area contributed by atoms with Gasteiger partial charge in [0.25, 0.3) is 5.69 Å². The molecule has 6 nitrogen and oxygen atoms in total. The Kier molecular flexibility index (Phi) is 3.19. The first-order valence-corrected chi connectivity index (χ1v) is 6.34. The third-order valence-corrected chi connectivity index (χ3v) is 3.25. The summed E-state index contributed by atoms with van der Waals surface area (Å²) >= 11 is 0. The Labute approximate surface area is 120 Å². The van der Waals surface area contributed by atoms with Crippen molar-refractivity contribution in [2.75, 3.05) is 12.4 Å². The molecule has 2 aromatic carbocycles. The maximum Gasteiger partial charge on any atom is 0.269 e. The van der Waals surface area contributed by atoms with Crippen molar-refractivity contribution in [2.24, 2.45) is 0 Å². The molecule has 0 bridgehead atoms. The summed E-state index contributed by atoms with van der Waals surface area (Å²) in [7, 11) is 1.63. The summed E-state index contributed by atoms with van der Waals surface area (Å²) in [6, 6.07) is 12.1. The van der Waals surface area contributed by atoms with Gasteiger partial charge in [0.2, 0.25) is 0 Å². The maximum absolute atomic E-state index is 10.6. The van der Waals surface area contributed by atoms with Crippen LogP contribution in [-0.2, 0) is 0 Å². The van der Waals surface area contributed by atoms with Crippen LogP contribution in [0.25, 0.3) is 10.9 Å². The van der Waals surface area contributed by atoms with Crippen molar-refractivity contribution in [2.45, 2.75) is 0 Å². The van der Waals surface area contributed by atoms with Gasteiger partial charge < -0.3 is 15.0 Å². The molecule has 0 saturated heterocycles. The molecule has 0 aliphatic carbocycles. The Hall–Kier alpha value is -3.02. The minimum absolute atomic E-state index is 0.0733. The first kappa shape index (κ1) is 13.0. The van der Waals surface area contributed by atoms with Crippen molar-refractivity contribution in [1.82, 2.24) is 4.98 Å². The van der Waals surface area contributed by atoms with Crippen molar-refractivity contribution in [3.8, 4) is 5.75 Å². The molecule has 0 unspecified atom stereocenters. The molecule has 0 saturated carbocycles. The van der Waals surface area contributed by atoms with Gasteiger partial charge in [-0.3, -0.25) is 10.1 Å². The second-order valence-corrected chi connectivity index (χ2v) is 4.54. The lowest BCUT2D eigenvalue weighted by atomic mass is 10.2. The van der Waals surface area contributed by atoms with Crippen LogP contribution in [0.15, 0.2) is 48.7 Å². The summed E-state index contributed by atoms with van der Waals surface area (Å²) in [6.07, 6.45) is 1.85. The fourth-order valence-electron chi connectivity index (χ4n) is 2.16. The van der Waals surface area contributed by atoms with Gasteiger partial charge in [0, 0.05) is 35.5 Å². The van der Waals surface area contributed by atoms with Crippen LogP contribution in [0.5, 0.6) is 5.75 Å². The Balaban J connectivity index is 1.89. The molecular formula is C15H13N3O3. The smallest absolute Gasteiger partial charge is 0.269 e. The molecule has 106 valence electrons. The Morgan fingerprint density at radius 3 is 2.62 bits per heavy atom. The second-order valence-electron chi connectivity index (χ2n) is 4.54. The number of rotatable bonds is 4. The average Bonchev–Trinajstić information content (AvgIpc) is 2.90. The van der Waals surface area contributed by atoms with Gasteiger partial charge in [-0.15, -0.1) is 0 Å². The van der Waals surface area contributed by atoms with E-state index in [1.807, 2.05) is 24.4 Å². The van der Waals surface area contributed by atoms with E-state index in [9.17, 15) is 10.1 Å². The Morgan fingerprint density at radius 1 is 1.19 bits per heavy atom. The number of hydrogen-bond acceptors (Lipinski definition) is 4. The van der Waals surface area contributed by atoms with E-state index < -0.39 is 4.92 Å². The predicted octanol–water partition coefficient (Wildman–Crippen LogP) is 3.83. The van der Waals surface area contributed by atoms with E-state index in [2.05, 4.69) is 10.3 Å². The van der Waals surface area contributed by atoms with Crippen LogP contribution in [0.2, 0.25) is 0 Å². The van der Waals surface area contributed by atoms with Gasteiger partial charge >= 0.3 is 0 Å². The molecule has 1 aromatic heterocycles. The highest BCUT2D eigenvalue weighted by atomic mass is 16.6. The first-order chi connectivity index (χ1) is 10.2. The normalized spacial score (nSPS) is 10.5. The minimum Gasteiger partial charge on any atom is -0.497 e. The number of anilines is 2. The number of non-ortho nitro benzene ring substituents is 1. The lowest BCUT2D eigenvalue weighted by Gasteiger charge is -2.05. The van der Waals surface area contributed by atoms with Gasteiger partial charge in [-0.2, -0.15) is 0 Å². The second kappa shape index (κ2) is 5.16. The quantitative estimate of drug-likeness (QED) is 0.563. The average molecular weight is 283 g/mol. The SMILES string of the molecule is COc1ccc2c(Nc3ccc([N+](=O)[O-])cc3)c[nH]c2c1. The number of nitro benzene ring substituents is 1. The van der Waals surface area contributed by atoms with Gasteiger partial charge in [-0.05, 0) is 24.3 Å². The van der Waals surface area contributed by atoms with Crippen LogP contribution < -0.4 is 10.1 Å². The van der Waals surface area contributed by atoms with Crippen molar-refractivity contribution in [3.05, 3.63) is 58.8 Å². The molecule has 0 aliphatic heterocycles. The van der Waals surface area contributed by atoms with E-state index in [4.69, 9.17) is 4.74 Å². The molecule has 0 radical (unpaired) electrons. The van der Waals surface area contributed by atoms with Crippen LogP contribution >= 0.6 is 0 Å². The monoisotopic (exact) mass is 283 g/mol. The lowest BCUT2D eigenvalue weighted by molar-refractivity contribution is -0.384. The number of nitro groups is 1.